The van der Waals surface area contributed by atoms with Crippen molar-refractivity contribution in [1.29, 1.82) is 0 Å². The average molecular weight is 275 g/mol. The summed E-state index contributed by atoms with van der Waals surface area (Å²) >= 11 is 7.30. The number of carbonyl (C=O) groups is 1. The van der Waals surface area contributed by atoms with Gasteiger partial charge in [0.05, 0.1) is 5.25 Å². The first-order chi connectivity index (χ1) is 6.59. The zero-order chi connectivity index (χ0) is 10.6. The van der Waals surface area contributed by atoms with Gasteiger partial charge in [-0.25, -0.2) is 0 Å². The molecule has 1 rings (SSSR count). The van der Waals surface area contributed by atoms with Crippen LogP contribution in [0, 0.1) is 0 Å². The first-order valence-corrected chi connectivity index (χ1v) is 5.49. The summed E-state index contributed by atoms with van der Waals surface area (Å²) in [5, 5.41) is -0.370. The Morgan fingerprint density at radius 3 is 2.57 bits per heavy atom. The second-order valence-corrected chi connectivity index (χ2v) is 4.60. The molecule has 0 N–H and O–H groups in total. The largest absolute Gasteiger partial charge is 0.460 e. The van der Waals surface area contributed by atoms with Crippen LogP contribution in [-0.2, 0) is 16.1 Å². The van der Waals surface area contributed by atoms with Gasteiger partial charge < -0.3 is 4.74 Å². The van der Waals surface area contributed by atoms with Crippen LogP contribution in [0.1, 0.15) is 12.5 Å². The van der Waals surface area contributed by atoms with Crippen LogP contribution >= 0.6 is 28.6 Å². The molecule has 0 radical (unpaired) electrons. The highest BCUT2D eigenvalue weighted by Gasteiger charge is 2.08. The number of thiol groups is 1. The summed E-state index contributed by atoms with van der Waals surface area (Å²) in [6, 6.07) is 7.63. The Morgan fingerprint density at radius 1 is 1.50 bits per heavy atom. The molecule has 0 aliphatic carbocycles. The van der Waals surface area contributed by atoms with Crippen LogP contribution in [0.15, 0.2) is 28.7 Å². The van der Waals surface area contributed by atoms with Gasteiger partial charge in [-0.1, -0.05) is 28.1 Å². The van der Waals surface area contributed by atoms with Crippen molar-refractivity contribution in [2.24, 2.45) is 0 Å². The smallest absolute Gasteiger partial charge is 0.318 e. The van der Waals surface area contributed by atoms with Gasteiger partial charge in [-0.3, -0.25) is 4.79 Å². The summed E-state index contributed by atoms with van der Waals surface area (Å²) in [5.74, 6) is -0.295. The third-order valence-corrected chi connectivity index (χ3v) is 2.37. The number of benzene rings is 1. The summed E-state index contributed by atoms with van der Waals surface area (Å²) in [6.45, 7) is 1.99. The molecule has 0 aliphatic heterocycles. The number of carbonyl (C=O) groups excluding carboxylic acids is 1. The number of hydrogen-bond acceptors (Lipinski definition) is 3. The number of ether oxygens (including phenoxy) is 1. The van der Waals surface area contributed by atoms with Crippen molar-refractivity contribution in [3.05, 3.63) is 34.3 Å². The fraction of sp³-hybridized carbons (Fsp3) is 0.300. The Kier molecular flexibility index (Phi) is 4.48. The fourth-order valence-electron chi connectivity index (χ4n) is 0.856. The van der Waals surface area contributed by atoms with Crippen molar-refractivity contribution >= 4 is 34.5 Å². The van der Waals surface area contributed by atoms with E-state index in [-0.39, 0.29) is 11.2 Å². The molecule has 2 nitrogen and oxygen atoms in total. The maximum Gasteiger partial charge on any atom is 0.318 e. The number of hydrogen-bond donors (Lipinski definition) is 1. The molecule has 0 aliphatic rings. The van der Waals surface area contributed by atoms with Gasteiger partial charge >= 0.3 is 5.97 Å². The van der Waals surface area contributed by atoms with Gasteiger partial charge in [0.15, 0.2) is 0 Å². The zero-order valence-electron chi connectivity index (χ0n) is 7.74. The van der Waals surface area contributed by atoms with Crippen LogP contribution in [0.5, 0.6) is 0 Å². The van der Waals surface area contributed by atoms with E-state index in [1.54, 1.807) is 6.92 Å². The van der Waals surface area contributed by atoms with Gasteiger partial charge in [0, 0.05) is 4.47 Å². The topological polar surface area (TPSA) is 26.3 Å². The molecular weight excluding hydrogens is 264 g/mol. The van der Waals surface area contributed by atoms with Crippen molar-refractivity contribution in [3.63, 3.8) is 0 Å². The molecule has 0 spiro atoms. The molecule has 0 amide bonds. The highest BCUT2D eigenvalue weighted by molar-refractivity contribution is 9.10. The molecule has 4 heteroatoms. The number of rotatable bonds is 3. The standard InChI is InChI=1S/C10H11BrO2S/c1-7(14)10(12)13-6-8-2-4-9(11)5-3-8/h2-5,7,14H,6H2,1H3. The molecule has 0 heterocycles. The lowest BCUT2D eigenvalue weighted by Gasteiger charge is -2.06. The summed E-state index contributed by atoms with van der Waals surface area (Å²) < 4.78 is 6.01. The monoisotopic (exact) mass is 274 g/mol. The maximum atomic E-state index is 11.1. The molecule has 0 saturated carbocycles. The number of esters is 1. The van der Waals surface area contributed by atoms with Crippen LogP contribution < -0.4 is 0 Å². The molecule has 0 aromatic heterocycles. The van der Waals surface area contributed by atoms with E-state index in [1.807, 2.05) is 24.3 Å². The Bertz CT molecular complexity index is 308. The lowest BCUT2D eigenvalue weighted by atomic mass is 10.2. The van der Waals surface area contributed by atoms with Crippen molar-refractivity contribution in [2.45, 2.75) is 18.8 Å². The minimum atomic E-state index is -0.370. The van der Waals surface area contributed by atoms with E-state index in [4.69, 9.17) is 4.74 Å². The van der Waals surface area contributed by atoms with Crippen LogP contribution in [0.25, 0.3) is 0 Å². The molecule has 76 valence electrons. The van der Waals surface area contributed by atoms with Gasteiger partial charge in [-0.05, 0) is 24.6 Å². The van der Waals surface area contributed by atoms with E-state index in [2.05, 4.69) is 28.6 Å². The quantitative estimate of drug-likeness (QED) is 0.678. The Balaban J connectivity index is 2.46. The van der Waals surface area contributed by atoms with E-state index in [0.717, 1.165) is 10.0 Å². The van der Waals surface area contributed by atoms with E-state index in [1.165, 1.54) is 0 Å². The molecule has 0 saturated heterocycles. The SMILES string of the molecule is CC(S)C(=O)OCc1ccc(Br)cc1. The molecule has 1 aromatic rings. The number of halogens is 1. The van der Waals surface area contributed by atoms with E-state index in [9.17, 15) is 4.79 Å². The Hall–Kier alpha value is -0.480. The van der Waals surface area contributed by atoms with E-state index < -0.39 is 0 Å². The highest BCUT2D eigenvalue weighted by atomic mass is 79.9. The van der Waals surface area contributed by atoms with Gasteiger partial charge in [0.1, 0.15) is 6.61 Å². The average Bonchev–Trinajstić information content (AvgIpc) is 2.16. The molecule has 0 fully saturated rings. The van der Waals surface area contributed by atoms with Gasteiger partial charge in [-0.2, -0.15) is 12.6 Å². The summed E-state index contributed by atoms with van der Waals surface area (Å²) in [6.07, 6.45) is 0. The van der Waals surface area contributed by atoms with E-state index >= 15 is 0 Å². The Morgan fingerprint density at radius 2 is 2.07 bits per heavy atom. The molecule has 14 heavy (non-hydrogen) atoms. The summed E-state index contributed by atoms with van der Waals surface area (Å²) in [5.41, 5.74) is 0.968. The summed E-state index contributed by atoms with van der Waals surface area (Å²) in [7, 11) is 0. The van der Waals surface area contributed by atoms with Crippen LogP contribution in [0.3, 0.4) is 0 Å². The Labute approximate surface area is 97.2 Å². The fourth-order valence-corrected chi connectivity index (χ4v) is 1.19. The van der Waals surface area contributed by atoms with Gasteiger partial charge in [0.25, 0.3) is 0 Å². The molecule has 0 bridgehead atoms. The van der Waals surface area contributed by atoms with Crippen LogP contribution in [0.4, 0.5) is 0 Å². The minimum Gasteiger partial charge on any atom is -0.460 e. The second kappa shape index (κ2) is 5.41. The van der Waals surface area contributed by atoms with Gasteiger partial charge in [-0.15, -0.1) is 0 Å². The van der Waals surface area contributed by atoms with Crippen molar-refractivity contribution in [3.8, 4) is 0 Å². The normalized spacial score (nSPS) is 12.2. The molecule has 1 atom stereocenters. The van der Waals surface area contributed by atoms with Crippen molar-refractivity contribution in [1.82, 2.24) is 0 Å². The van der Waals surface area contributed by atoms with Crippen molar-refractivity contribution in [2.75, 3.05) is 0 Å². The lowest BCUT2D eigenvalue weighted by Crippen LogP contribution is -2.14. The minimum absolute atomic E-state index is 0.295. The third kappa shape index (κ3) is 3.72. The van der Waals surface area contributed by atoms with Crippen LogP contribution in [0.2, 0.25) is 0 Å². The molecule has 1 unspecified atom stereocenters. The first kappa shape index (κ1) is 11.6. The predicted molar refractivity (Wildman–Crippen MR) is 62.4 cm³/mol. The van der Waals surface area contributed by atoms with Crippen molar-refractivity contribution < 1.29 is 9.53 Å². The molecule has 1 aromatic carbocycles. The maximum absolute atomic E-state index is 11.1. The lowest BCUT2D eigenvalue weighted by molar-refractivity contribution is -0.143. The summed E-state index contributed by atoms with van der Waals surface area (Å²) in [4.78, 5) is 11.1. The zero-order valence-corrected chi connectivity index (χ0v) is 10.2. The van der Waals surface area contributed by atoms with E-state index in [0.29, 0.717) is 6.61 Å². The second-order valence-electron chi connectivity index (χ2n) is 2.91. The third-order valence-electron chi connectivity index (χ3n) is 1.64. The first-order valence-electron chi connectivity index (χ1n) is 4.19. The van der Waals surface area contributed by atoms with Crippen LogP contribution in [-0.4, -0.2) is 11.2 Å². The predicted octanol–water partition coefficient (Wildman–Crippen LogP) is 2.81. The molecular formula is C10H11BrO2S. The van der Waals surface area contributed by atoms with Gasteiger partial charge in [0.2, 0.25) is 0 Å². The highest BCUT2D eigenvalue weighted by Crippen LogP contribution is 2.11.